The molecule has 0 spiro atoms. The number of carbonyl (C=O) groups is 1. The molecular weight excluding hydrogens is 507 g/mol. The third-order valence-corrected chi connectivity index (χ3v) is 7.31. The molecule has 1 aliphatic heterocycles. The monoisotopic (exact) mass is 532 g/mol. The standard InChI is InChI=1S/C25H25ClN4O3S.ClH/c1-17-22(23(28-33-17)18-7-2-3-8-19(18)26)24(31)30(12-6-11-29-13-15-32-16-14-29)25-27-20-9-4-5-10-21(20)34-25;/h2-5,7-10H,6,11-16H2,1H3;1H. The smallest absolute Gasteiger partial charge is 0.265 e. The molecule has 0 bridgehead atoms. The van der Waals surface area contributed by atoms with Gasteiger partial charge in [-0.15, -0.1) is 12.4 Å². The first kappa shape index (κ1) is 25.6. The third kappa shape index (κ3) is 5.52. The Morgan fingerprint density at radius 3 is 2.66 bits per heavy atom. The fraction of sp³-hybridized carbons (Fsp3) is 0.320. The number of benzene rings is 2. The second-order valence-electron chi connectivity index (χ2n) is 8.17. The highest BCUT2D eigenvalue weighted by atomic mass is 35.5. The topological polar surface area (TPSA) is 71.7 Å². The van der Waals surface area contributed by atoms with Gasteiger partial charge in [-0.05, 0) is 31.5 Å². The van der Waals surface area contributed by atoms with Gasteiger partial charge in [-0.1, -0.05) is 58.4 Å². The lowest BCUT2D eigenvalue weighted by Crippen LogP contribution is -2.39. The normalized spacial score (nSPS) is 14.1. The van der Waals surface area contributed by atoms with Gasteiger partial charge >= 0.3 is 0 Å². The van der Waals surface area contributed by atoms with Crippen molar-refractivity contribution in [1.29, 1.82) is 0 Å². The number of hydrogen-bond donors (Lipinski definition) is 0. The molecule has 1 aliphatic rings. The van der Waals surface area contributed by atoms with E-state index >= 15 is 0 Å². The quantitative estimate of drug-likeness (QED) is 0.303. The highest BCUT2D eigenvalue weighted by molar-refractivity contribution is 7.22. The van der Waals surface area contributed by atoms with Crippen molar-refractivity contribution in [2.45, 2.75) is 13.3 Å². The largest absolute Gasteiger partial charge is 0.379 e. The number of aryl methyl sites for hydroxylation is 1. The molecule has 3 heterocycles. The van der Waals surface area contributed by atoms with Gasteiger partial charge in [-0.3, -0.25) is 14.6 Å². The van der Waals surface area contributed by atoms with Crippen LogP contribution in [-0.2, 0) is 4.74 Å². The molecule has 0 radical (unpaired) electrons. The number of amides is 1. The van der Waals surface area contributed by atoms with Gasteiger partial charge in [0.2, 0.25) is 0 Å². The Kier molecular flexibility index (Phi) is 8.41. The van der Waals surface area contributed by atoms with Crippen molar-refractivity contribution in [2.75, 3.05) is 44.3 Å². The number of aromatic nitrogens is 2. The molecule has 2 aromatic carbocycles. The lowest BCUT2D eigenvalue weighted by atomic mass is 10.1. The average Bonchev–Trinajstić information content (AvgIpc) is 3.46. The summed E-state index contributed by atoms with van der Waals surface area (Å²) in [6.45, 7) is 6.50. The maximum atomic E-state index is 14.0. The summed E-state index contributed by atoms with van der Waals surface area (Å²) in [5.74, 6) is 0.272. The molecule has 0 saturated carbocycles. The Labute approximate surface area is 219 Å². The average molecular weight is 533 g/mol. The van der Waals surface area contributed by atoms with Crippen LogP contribution in [0.3, 0.4) is 0 Å². The summed E-state index contributed by atoms with van der Waals surface area (Å²) in [7, 11) is 0. The lowest BCUT2D eigenvalue weighted by molar-refractivity contribution is 0.0376. The van der Waals surface area contributed by atoms with Gasteiger partial charge in [0.25, 0.3) is 5.91 Å². The molecular formula is C25H26Cl2N4O3S. The van der Waals surface area contributed by atoms with Gasteiger partial charge in [-0.25, -0.2) is 4.98 Å². The summed E-state index contributed by atoms with van der Waals surface area (Å²) >= 11 is 7.94. The van der Waals surface area contributed by atoms with Crippen LogP contribution in [0.2, 0.25) is 5.02 Å². The van der Waals surface area contributed by atoms with E-state index in [-0.39, 0.29) is 18.3 Å². The number of nitrogens with zero attached hydrogens (tertiary/aromatic N) is 4. The number of ether oxygens (including phenoxy) is 1. The molecule has 4 aromatic rings. The first-order chi connectivity index (χ1) is 16.6. The third-order valence-electron chi connectivity index (χ3n) is 5.92. The Morgan fingerprint density at radius 1 is 1.14 bits per heavy atom. The van der Waals surface area contributed by atoms with E-state index in [4.69, 9.17) is 25.8 Å². The molecule has 0 N–H and O–H groups in total. The number of hydrogen-bond acceptors (Lipinski definition) is 7. The molecule has 35 heavy (non-hydrogen) atoms. The fourth-order valence-electron chi connectivity index (χ4n) is 4.13. The van der Waals surface area contributed by atoms with Crippen LogP contribution in [0.25, 0.3) is 21.5 Å². The zero-order chi connectivity index (χ0) is 23.5. The minimum Gasteiger partial charge on any atom is -0.379 e. The Bertz CT molecular complexity index is 1270. The maximum Gasteiger partial charge on any atom is 0.265 e. The minimum absolute atomic E-state index is 0. The summed E-state index contributed by atoms with van der Waals surface area (Å²) in [5.41, 5.74) is 2.41. The molecule has 5 rings (SSSR count). The molecule has 2 aromatic heterocycles. The van der Waals surface area contributed by atoms with E-state index in [0.717, 1.165) is 49.5 Å². The van der Waals surface area contributed by atoms with Crippen molar-refractivity contribution in [3.63, 3.8) is 0 Å². The molecule has 1 fully saturated rings. The van der Waals surface area contributed by atoms with E-state index in [1.54, 1.807) is 17.9 Å². The number of thiazole rings is 1. The molecule has 1 amide bonds. The molecule has 0 aliphatic carbocycles. The first-order valence-corrected chi connectivity index (χ1v) is 12.5. The summed E-state index contributed by atoms with van der Waals surface area (Å²) in [6, 6.07) is 15.3. The predicted molar refractivity (Wildman–Crippen MR) is 142 cm³/mol. The van der Waals surface area contributed by atoms with E-state index in [1.807, 2.05) is 42.5 Å². The molecule has 0 unspecified atom stereocenters. The number of anilines is 1. The van der Waals surface area contributed by atoms with E-state index < -0.39 is 0 Å². The van der Waals surface area contributed by atoms with Crippen molar-refractivity contribution in [3.8, 4) is 11.3 Å². The number of carbonyl (C=O) groups excluding carboxylic acids is 1. The summed E-state index contributed by atoms with van der Waals surface area (Å²) in [5, 5.41) is 5.38. The van der Waals surface area contributed by atoms with Gasteiger partial charge in [0.05, 0.1) is 28.5 Å². The van der Waals surface area contributed by atoms with Crippen molar-refractivity contribution in [2.24, 2.45) is 0 Å². The van der Waals surface area contributed by atoms with Crippen LogP contribution in [-0.4, -0.2) is 60.3 Å². The summed E-state index contributed by atoms with van der Waals surface area (Å²) in [4.78, 5) is 22.9. The van der Waals surface area contributed by atoms with E-state index in [0.29, 0.717) is 39.3 Å². The van der Waals surface area contributed by atoms with Gasteiger partial charge in [0.15, 0.2) is 5.13 Å². The number of fused-ring (bicyclic) bond motifs is 1. The maximum absolute atomic E-state index is 14.0. The fourth-order valence-corrected chi connectivity index (χ4v) is 5.35. The molecule has 184 valence electrons. The second kappa shape index (κ2) is 11.5. The minimum atomic E-state index is -0.185. The molecule has 7 nitrogen and oxygen atoms in total. The highest BCUT2D eigenvalue weighted by Gasteiger charge is 2.29. The van der Waals surface area contributed by atoms with Crippen molar-refractivity contribution >= 4 is 56.6 Å². The highest BCUT2D eigenvalue weighted by Crippen LogP contribution is 2.34. The Morgan fingerprint density at radius 2 is 1.89 bits per heavy atom. The van der Waals surface area contributed by atoms with Crippen LogP contribution in [0, 0.1) is 6.92 Å². The molecule has 0 atom stereocenters. The van der Waals surface area contributed by atoms with Crippen molar-refractivity contribution in [3.05, 3.63) is 64.9 Å². The Balaban J connectivity index is 0.00000289. The van der Waals surface area contributed by atoms with Crippen molar-refractivity contribution < 1.29 is 14.1 Å². The van der Waals surface area contributed by atoms with Gasteiger partial charge in [-0.2, -0.15) is 0 Å². The van der Waals surface area contributed by atoms with Gasteiger partial charge < -0.3 is 9.26 Å². The lowest BCUT2D eigenvalue weighted by Gasteiger charge is -2.27. The van der Waals surface area contributed by atoms with E-state index in [2.05, 4.69) is 10.1 Å². The van der Waals surface area contributed by atoms with Gasteiger partial charge in [0.1, 0.15) is 17.0 Å². The van der Waals surface area contributed by atoms with E-state index in [9.17, 15) is 4.79 Å². The summed E-state index contributed by atoms with van der Waals surface area (Å²) < 4.78 is 12.0. The van der Waals surface area contributed by atoms with Crippen LogP contribution in [0.4, 0.5) is 5.13 Å². The van der Waals surface area contributed by atoms with Crippen LogP contribution >= 0.6 is 35.3 Å². The first-order valence-electron chi connectivity index (χ1n) is 11.3. The van der Waals surface area contributed by atoms with E-state index in [1.165, 1.54) is 11.3 Å². The van der Waals surface area contributed by atoms with Crippen LogP contribution in [0.5, 0.6) is 0 Å². The number of rotatable bonds is 7. The van der Waals surface area contributed by atoms with Crippen LogP contribution in [0.1, 0.15) is 22.5 Å². The summed E-state index contributed by atoms with van der Waals surface area (Å²) in [6.07, 6.45) is 0.813. The molecule has 1 saturated heterocycles. The SMILES string of the molecule is Cc1onc(-c2ccccc2Cl)c1C(=O)N(CCCN1CCOCC1)c1nc2ccccc2s1.Cl. The zero-order valence-corrected chi connectivity index (χ0v) is 21.7. The number of halogens is 2. The van der Waals surface area contributed by atoms with Gasteiger partial charge in [0, 0.05) is 31.7 Å². The zero-order valence-electron chi connectivity index (χ0n) is 19.3. The number of para-hydroxylation sites is 1. The predicted octanol–water partition coefficient (Wildman–Crippen LogP) is 5.70. The van der Waals surface area contributed by atoms with Crippen molar-refractivity contribution in [1.82, 2.24) is 15.0 Å². The second-order valence-corrected chi connectivity index (χ2v) is 9.59. The van der Waals surface area contributed by atoms with Crippen LogP contribution < -0.4 is 4.90 Å². The Hall–Kier alpha value is -2.49. The van der Waals surface area contributed by atoms with Crippen LogP contribution in [0.15, 0.2) is 53.1 Å². The molecule has 10 heteroatoms. The number of morpholine rings is 1.